The smallest absolute Gasteiger partial charge is 0.0124 e. The third-order valence-corrected chi connectivity index (χ3v) is 6.24. The lowest BCUT2D eigenvalue weighted by Crippen LogP contribution is -2.58. The lowest BCUT2D eigenvalue weighted by atomic mass is 9.43. The van der Waals surface area contributed by atoms with Gasteiger partial charge in [-0.05, 0) is 80.0 Å². The van der Waals surface area contributed by atoms with Gasteiger partial charge in [0, 0.05) is 6.04 Å². The summed E-state index contributed by atoms with van der Waals surface area (Å²) in [4.78, 5) is 0. The van der Waals surface area contributed by atoms with Crippen LogP contribution < -0.4 is 5.73 Å². The molecule has 0 radical (unpaired) electrons. The largest absolute Gasteiger partial charge is 0.327 e. The first-order valence-corrected chi connectivity index (χ1v) is 7.34. The van der Waals surface area contributed by atoms with Crippen LogP contribution in [0.2, 0.25) is 0 Å². The molecule has 1 nitrogen and oxygen atoms in total. The summed E-state index contributed by atoms with van der Waals surface area (Å²) >= 11 is 0. The van der Waals surface area contributed by atoms with Gasteiger partial charge in [0.15, 0.2) is 0 Å². The van der Waals surface area contributed by atoms with Crippen LogP contribution in [0.25, 0.3) is 0 Å². The first kappa shape index (κ1) is 9.94. The fourth-order valence-corrected chi connectivity index (χ4v) is 6.14. The maximum Gasteiger partial charge on any atom is 0.0124 e. The second kappa shape index (κ2) is 2.85. The highest BCUT2D eigenvalue weighted by atomic mass is 14.8. The molecule has 0 aromatic carbocycles. The summed E-state index contributed by atoms with van der Waals surface area (Å²) in [5, 5.41) is 0. The molecule has 90 valence electrons. The van der Waals surface area contributed by atoms with Crippen LogP contribution in [-0.2, 0) is 0 Å². The molecule has 5 saturated carbocycles. The van der Waals surface area contributed by atoms with Gasteiger partial charge >= 0.3 is 0 Å². The van der Waals surface area contributed by atoms with E-state index in [-0.39, 0.29) is 0 Å². The van der Waals surface area contributed by atoms with Crippen LogP contribution in [0.3, 0.4) is 0 Å². The van der Waals surface area contributed by atoms with Crippen molar-refractivity contribution in [3.8, 4) is 0 Å². The van der Waals surface area contributed by atoms with Gasteiger partial charge in [0.05, 0.1) is 0 Å². The second-order valence-electron chi connectivity index (χ2n) is 8.00. The van der Waals surface area contributed by atoms with E-state index in [2.05, 4.69) is 6.92 Å². The van der Waals surface area contributed by atoms with Crippen LogP contribution in [0, 0.1) is 28.6 Å². The van der Waals surface area contributed by atoms with Gasteiger partial charge in [-0.3, -0.25) is 0 Å². The van der Waals surface area contributed by atoms with Crippen molar-refractivity contribution in [1.29, 1.82) is 0 Å². The summed E-state index contributed by atoms with van der Waals surface area (Å²) in [6, 6.07) is 0.553. The van der Waals surface area contributed by atoms with Crippen LogP contribution in [0.4, 0.5) is 0 Å². The van der Waals surface area contributed by atoms with Crippen molar-refractivity contribution in [3.63, 3.8) is 0 Å². The van der Waals surface area contributed by atoms with Gasteiger partial charge in [-0.15, -0.1) is 0 Å². The zero-order chi connectivity index (χ0) is 11.0. The molecule has 0 aromatic rings. The Labute approximate surface area is 99.2 Å². The highest BCUT2D eigenvalue weighted by molar-refractivity contribution is 5.11. The van der Waals surface area contributed by atoms with Crippen molar-refractivity contribution in [2.45, 2.75) is 64.3 Å². The highest BCUT2D eigenvalue weighted by Gasteiger charge is 2.59. The zero-order valence-electron chi connectivity index (χ0n) is 10.5. The Morgan fingerprint density at radius 3 is 2.19 bits per heavy atom. The summed E-state index contributed by atoms with van der Waals surface area (Å²) in [7, 11) is 0. The average molecular weight is 219 g/mol. The van der Waals surface area contributed by atoms with Crippen molar-refractivity contribution in [3.05, 3.63) is 0 Å². The average Bonchev–Trinajstić information content (AvgIpc) is 2.95. The summed E-state index contributed by atoms with van der Waals surface area (Å²) in [6.45, 7) is 2.55. The van der Waals surface area contributed by atoms with Gasteiger partial charge < -0.3 is 5.73 Å². The van der Waals surface area contributed by atoms with Gasteiger partial charge in [0.25, 0.3) is 0 Å². The summed E-state index contributed by atoms with van der Waals surface area (Å²) < 4.78 is 0. The molecule has 0 amide bonds. The van der Waals surface area contributed by atoms with Crippen LogP contribution in [0.5, 0.6) is 0 Å². The van der Waals surface area contributed by atoms with Crippen molar-refractivity contribution < 1.29 is 0 Å². The maximum atomic E-state index is 6.64. The van der Waals surface area contributed by atoms with Crippen molar-refractivity contribution in [2.24, 2.45) is 34.3 Å². The maximum absolute atomic E-state index is 6.64. The number of rotatable bonds is 2. The van der Waals surface area contributed by atoms with E-state index in [4.69, 9.17) is 5.73 Å². The van der Waals surface area contributed by atoms with E-state index in [1.165, 1.54) is 51.4 Å². The minimum atomic E-state index is 0.553. The van der Waals surface area contributed by atoms with Crippen LogP contribution >= 0.6 is 0 Å². The Morgan fingerprint density at radius 1 is 1.06 bits per heavy atom. The van der Waals surface area contributed by atoms with E-state index in [9.17, 15) is 0 Å². The monoisotopic (exact) mass is 219 g/mol. The highest BCUT2D eigenvalue weighted by Crippen LogP contribution is 2.67. The quantitative estimate of drug-likeness (QED) is 0.757. The fourth-order valence-electron chi connectivity index (χ4n) is 6.14. The first-order valence-electron chi connectivity index (χ1n) is 7.34. The molecular weight excluding hydrogens is 194 g/mol. The fraction of sp³-hybridized carbons (Fsp3) is 1.00. The summed E-state index contributed by atoms with van der Waals surface area (Å²) in [5.41, 5.74) is 7.90. The molecule has 0 aromatic heterocycles. The van der Waals surface area contributed by atoms with E-state index in [1.54, 1.807) is 0 Å². The van der Waals surface area contributed by atoms with Gasteiger partial charge in [-0.1, -0.05) is 6.92 Å². The van der Waals surface area contributed by atoms with Crippen molar-refractivity contribution in [2.75, 3.05) is 0 Å². The van der Waals surface area contributed by atoms with E-state index in [0.29, 0.717) is 16.9 Å². The summed E-state index contributed by atoms with van der Waals surface area (Å²) in [5.74, 6) is 2.98. The standard InChI is InChI=1S/C15H25N/c1-14-5-10-4-11(6-14)8-15(7-10,9-14)13(16)12-2-3-12/h10-13H,2-9,16H2,1H3. The Bertz CT molecular complexity index is 303. The first-order chi connectivity index (χ1) is 7.59. The lowest BCUT2D eigenvalue weighted by molar-refractivity contribution is -0.115. The SMILES string of the molecule is CC12CC3CC(C1)CC(C(N)C1CC1)(C3)C2. The molecule has 16 heavy (non-hydrogen) atoms. The minimum Gasteiger partial charge on any atom is -0.327 e. The van der Waals surface area contributed by atoms with E-state index >= 15 is 0 Å². The predicted octanol–water partition coefficient (Wildman–Crippen LogP) is 3.33. The van der Waals surface area contributed by atoms with Crippen LogP contribution in [-0.4, -0.2) is 6.04 Å². The molecule has 0 heterocycles. The molecule has 3 atom stereocenters. The van der Waals surface area contributed by atoms with Crippen molar-refractivity contribution in [1.82, 2.24) is 0 Å². The molecule has 5 aliphatic rings. The van der Waals surface area contributed by atoms with Crippen molar-refractivity contribution >= 4 is 0 Å². The predicted molar refractivity (Wildman–Crippen MR) is 65.9 cm³/mol. The topological polar surface area (TPSA) is 26.0 Å². The molecular formula is C15H25N. The molecule has 0 saturated heterocycles. The molecule has 2 N–H and O–H groups in total. The normalized spacial score (nSPS) is 56.6. The minimum absolute atomic E-state index is 0.553. The third-order valence-electron chi connectivity index (χ3n) is 6.24. The second-order valence-corrected chi connectivity index (χ2v) is 8.00. The Balaban J connectivity index is 1.68. The lowest BCUT2D eigenvalue weighted by Gasteiger charge is -2.63. The van der Waals surface area contributed by atoms with Crippen LogP contribution in [0.1, 0.15) is 58.3 Å². The molecule has 0 aliphatic heterocycles. The molecule has 5 fully saturated rings. The van der Waals surface area contributed by atoms with Gasteiger partial charge in [0.1, 0.15) is 0 Å². The molecule has 4 bridgehead atoms. The Kier molecular flexibility index (Phi) is 1.77. The van der Waals surface area contributed by atoms with E-state index < -0.39 is 0 Å². The zero-order valence-corrected chi connectivity index (χ0v) is 10.5. The molecule has 3 unspecified atom stereocenters. The Hall–Kier alpha value is -0.0400. The van der Waals surface area contributed by atoms with E-state index in [1.807, 2.05) is 0 Å². The summed E-state index contributed by atoms with van der Waals surface area (Å²) in [6.07, 6.45) is 11.8. The van der Waals surface area contributed by atoms with E-state index in [0.717, 1.165) is 17.8 Å². The van der Waals surface area contributed by atoms with Gasteiger partial charge in [-0.2, -0.15) is 0 Å². The van der Waals surface area contributed by atoms with Gasteiger partial charge in [-0.25, -0.2) is 0 Å². The third kappa shape index (κ3) is 1.27. The molecule has 0 spiro atoms. The Morgan fingerprint density at radius 2 is 1.69 bits per heavy atom. The number of nitrogens with two attached hydrogens (primary N) is 1. The molecule has 5 aliphatic carbocycles. The van der Waals surface area contributed by atoms with Crippen LogP contribution in [0.15, 0.2) is 0 Å². The van der Waals surface area contributed by atoms with Gasteiger partial charge in [0.2, 0.25) is 0 Å². The number of hydrogen-bond donors (Lipinski definition) is 1. The molecule has 1 heteroatoms. The number of hydrogen-bond acceptors (Lipinski definition) is 1. The molecule has 5 rings (SSSR count).